The molecule has 22 heavy (non-hydrogen) atoms. The smallest absolute Gasteiger partial charge is 0.166 e. The van der Waals surface area contributed by atoms with Gasteiger partial charge in [-0.15, -0.1) is 0 Å². The molecule has 108 valence electrons. The summed E-state index contributed by atoms with van der Waals surface area (Å²) in [5.41, 5.74) is 7.60. The van der Waals surface area contributed by atoms with Crippen LogP contribution in [0.25, 0.3) is 21.7 Å². The number of aldehydes is 1. The fourth-order valence-electron chi connectivity index (χ4n) is 2.19. The number of benzene rings is 3. The summed E-state index contributed by atoms with van der Waals surface area (Å²) in [5.74, 6) is 0. The lowest BCUT2D eigenvalue weighted by Gasteiger charge is -2.01. The summed E-state index contributed by atoms with van der Waals surface area (Å²) < 4.78 is 4.87. The fraction of sp³-hybridized carbons (Fsp3) is 0. The van der Waals surface area contributed by atoms with Gasteiger partial charge in [-0.1, -0.05) is 41.6 Å². The van der Waals surface area contributed by atoms with Gasteiger partial charge in [-0.2, -0.15) is 0 Å². The number of fused-ring (bicyclic) bond motifs is 2. The van der Waals surface area contributed by atoms with E-state index in [4.69, 9.17) is 10.3 Å². The number of para-hydroxylation sites is 1. The van der Waals surface area contributed by atoms with Gasteiger partial charge in [0, 0.05) is 16.6 Å². The van der Waals surface area contributed by atoms with E-state index in [2.05, 4.69) is 5.16 Å². The van der Waals surface area contributed by atoms with Gasteiger partial charge in [0.2, 0.25) is 0 Å². The van der Waals surface area contributed by atoms with E-state index in [0.717, 1.165) is 28.0 Å². The van der Waals surface area contributed by atoms with E-state index in [1.807, 2.05) is 54.6 Å². The zero-order valence-corrected chi connectivity index (χ0v) is 11.8. The summed E-state index contributed by atoms with van der Waals surface area (Å²) >= 11 is 0. The quantitative estimate of drug-likeness (QED) is 0.424. The van der Waals surface area contributed by atoms with Gasteiger partial charge in [0.25, 0.3) is 0 Å². The number of nitrogen functional groups attached to an aromatic ring is 1. The molecule has 0 saturated carbocycles. The number of hydrogen-bond acceptors (Lipinski definition) is 4. The molecule has 1 heterocycles. The molecule has 4 nitrogen and oxygen atoms in total. The summed E-state index contributed by atoms with van der Waals surface area (Å²) in [6.45, 7) is 0. The molecule has 0 aliphatic heterocycles. The number of rotatable bonds is 1. The Labute approximate surface area is 127 Å². The molecule has 4 rings (SSSR count). The highest BCUT2D eigenvalue weighted by Gasteiger charge is 1.99. The van der Waals surface area contributed by atoms with Crippen molar-refractivity contribution < 1.29 is 9.32 Å². The zero-order chi connectivity index (χ0) is 15.4. The van der Waals surface area contributed by atoms with Crippen LogP contribution in [-0.4, -0.2) is 11.4 Å². The SMILES string of the molecule is Nc1cc2ccccc2cc1C=O.c1ccc2oncc2c1. The van der Waals surface area contributed by atoms with Gasteiger partial charge in [-0.05, 0) is 35.0 Å². The Morgan fingerprint density at radius 3 is 2.23 bits per heavy atom. The third kappa shape index (κ3) is 2.81. The van der Waals surface area contributed by atoms with Gasteiger partial charge in [-0.25, -0.2) is 0 Å². The molecule has 0 aliphatic rings. The van der Waals surface area contributed by atoms with Crippen molar-refractivity contribution in [2.75, 3.05) is 5.73 Å². The van der Waals surface area contributed by atoms with Crippen LogP contribution in [0.15, 0.2) is 71.4 Å². The maximum atomic E-state index is 10.6. The van der Waals surface area contributed by atoms with E-state index in [1.54, 1.807) is 12.3 Å². The number of aromatic nitrogens is 1. The van der Waals surface area contributed by atoms with Crippen molar-refractivity contribution in [3.8, 4) is 0 Å². The number of carbonyl (C=O) groups excluding carboxylic acids is 1. The molecule has 1 aromatic heterocycles. The number of nitrogens with zero attached hydrogens (tertiary/aromatic N) is 1. The minimum atomic E-state index is 0.536. The average Bonchev–Trinajstić information content (AvgIpc) is 3.03. The van der Waals surface area contributed by atoms with Gasteiger partial charge in [0.1, 0.15) is 0 Å². The lowest BCUT2D eigenvalue weighted by Crippen LogP contribution is -1.92. The van der Waals surface area contributed by atoms with Crippen molar-refractivity contribution in [2.24, 2.45) is 0 Å². The molecule has 0 radical (unpaired) electrons. The maximum absolute atomic E-state index is 10.6. The molecule has 0 atom stereocenters. The second-order valence-electron chi connectivity index (χ2n) is 4.81. The Bertz CT molecular complexity index is 898. The minimum absolute atomic E-state index is 0.536. The molecule has 0 fully saturated rings. The van der Waals surface area contributed by atoms with E-state index < -0.39 is 0 Å². The third-order valence-corrected chi connectivity index (χ3v) is 3.34. The summed E-state index contributed by atoms with van der Waals surface area (Å²) in [4.78, 5) is 10.6. The molecule has 0 bridgehead atoms. The highest BCUT2D eigenvalue weighted by molar-refractivity contribution is 5.94. The van der Waals surface area contributed by atoms with Crippen LogP contribution in [-0.2, 0) is 0 Å². The summed E-state index contributed by atoms with van der Waals surface area (Å²) in [6, 6.07) is 19.2. The van der Waals surface area contributed by atoms with Crippen LogP contribution in [0.5, 0.6) is 0 Å². The Morgan fingerprint density at radius 1 is 0.909 bits per heavy atom. The van der Waals surface area contributed by atoms with E-state index in [1.165, 1.54) is 0 Å². The van der Waals surface area contributed by atoms with E-state index in [-0.39, 0.29) is 0 Å². The largest absolute Gasteiger partial charge is 0.398 e. The molecular formula is C18H14N2O2. The molecule has 0 saturated heterocycles. The molecule has 0 spiro atoms. The first kappa shape index (κ1) is 13.8. The Morgan fingerprint density at radius 2 is 1.55 bits per heavy atom. The second-order valence-corrected chi connectivity index (χ2v) is 4.81. The highest BCUT2D eigenvalue weighted by Crippen LogP contribution is 2.20. The van der Waals surface area contributed by atoms with E-state index in [9.17, 15) is 4.79 Å². The van der Waals surface area contributed by atoms with Gasteiger partial charge in [0.05, 0.1) is 6.20 Å². The zero-order valence-electron chi connectivity index (χ0n) is 11.8. The van der Waals surface area contributed by atoms with Gasteiger partial charge >= 0.3 is 0 Å². The monoisotopic (exact) mass is 290 g/mol. The molecule has 3 aromatic carbocycles. The predicted molar refractivity (Wildman–Crippen MR) is 87.8 cm³/mol. The lowest BCUT2D eigenvalue weighted by molar-refractivity contribution is 0.112. The molecule has 4 heteroatoms. The molecule has 0 amide bonds. The Hall–Kier alpha value is -3.14. The first-order valence-electron chi connectivity index (χ1n) is 6.81. The topological polar surface area (TPSA) is 69.1 Å². The van der Waals surface area contributed by atoms with E-state index in [0.29, 0.717) is 11.3 Å². The molecular weight excluding hydrogens is 276 g/mol. The van der Waals surface area contributed by atoms with E-state index >= 15 is 0 Å². The van der Waals surface area contributed by atoms with Crippen LogP contribution in [0.2, 0.25) is 0 Å². The van der Waals surface area contributed by atoms with Crippen LogP contribution in [0, 0.1) is 0 Å². The Kier molecular flexibility index (Phi) is 3.83. The van der Waals surface area contributed by atoms with Crippen molar-refractivity contribution in [2.45, 2.75) is 0 Å². The van der Waals surface area contributed by atoms with Crippen LogP contribution < -0.4 is 5.73 Å². The van der Waals surface area contributed by atoms with Gasteiger partial charge in [-0.3, -0.25) is 4.79 Å². The minimum Gasteiger partial charge on any atom is -0.398 e. The molecule has 0 aliphatic carbocycles. The number of anilines is 1. The van der Waals surface area contributed by atoms with Crippen LogP contribution in [0.4, 0.5) is 5.69 Å². The van der Waals surface area contributed by atoms with Crippen LogP contribution in [0.3, 0.4) is 0 Å². The van der Waals surface area contributed by atoms with Crippen molar-refractivity contribution in [1.29, 1.82) is 0 Å². The molecule has 2 N–H and O–H groups in total. The summed E-state index contributed by atoms with van der Waals surface area (Å²) in [7, 11) is 0. The van der Waals surface area contributed by atoms with Crippen molar-refractivity contribution in [1.82, 2.24) is 5.16 Å². The predicted octanol–water partition coefficient (Wildman–Crippen LogP) is 4.06. The molecule has 0 unspecified atom stereocenters. The highest BCUT2D eigenvalue weighted by atomic mass is 16.5. The summed E-state index contributed by atoms with van der Waals surface area (Å²) in [5, 5.41) is 6.78. The maximum Gasteiger partial charge on any atom is 0.166 e. The van der Waals surface area contributed by atoms with Crippen LogP contribution in [0.1, 0.15) is 10.4 Å². The number of nitrogens with two attached hydrogens (primary N) is 1. The number of hydrogen-bond donors (Lipinski definition) is 1. The lowest BCUT2D eigenvalue weighted by atomic mass is 10.1. The van der Waals surface area contributed by atoms with Crippen molar-refractivity contribution in [3.05, 3.63) is 72.4 Å². The first-order chi connectivity index (χ1) is 10.8. The van der Waals surface area contributed by atoms with Gasteiger partial charge in [0.15, 0.2) is 11.9 Å². The first-order valence-corrected chi connectivity index (χ1v) is 6.81. The Balaban J connectivity index is 0.000000139. The van der Waals surface area contributed by atoms with Gasteiger partial charge < -0.3 is 10.3 Å². The van der Waals surface area contributed by atoms with Crippen molar-refractivity contribution >= 4 is 33.7 Å². The van der Waals surface area contributed by atoms with Crippen LogP contribution >= 0.6 is 0 Å². The number of carbonyl (C=O) groups is 1. The summed E-state index contributed by atoms with van der Waals surface area (Å²) in [6.07, 6.45) is 2.48. The standard InChI is InChI=1S/C11H9NO.C7H5NO/c12-11-6-9-4-2-1-3-8(9)5-10(11)7-13;1-2-4-7-6(3-1)5-8-9-7/h1-7H,12H2;1-5H. The normalized spacial score (nSPS) is 10.2. The molecule has 4 aromatic rings. The fourth-order valence-corrected chi connectivity index (χ4v) is 2.19. The third-order valence-electron chi connectivity index (χ3n) is 3.34. The second kappa shape index (κ2) is 6.10. The average molecular weight is 290 g/mol. The van der Waals surface area contributed by atoms with Crippen molar-refractivity contribution in [3.63, 3.8) is 0 Å².